The summed E-state index contributed by atoms with van der Waals surface area (Å²) in [6, 6.07) is 11.8. The minimum absolute atomic E-state index is 0.371. The molecule has 3 aromatic rings. The number of aromatic nitrogens is 3. The third-order valence-electron chi connectivity index (χ3n) is 4.42. The van der Waals surface area contributed by atoms with E-state index in [2.05, 4.69) is 10.1 Å². The van der Waals surface area contributed by atoms with Crippen LogP contribution in [0.4, 0.5) is 5.82 Å². The molecule has 24 heavy (non-hydrogen) atoms. The van der Waals surface area contributed by atoms with Crippen molar-refractivity contribution in [2.24, 2.45) is 5.14 Å². The highest BCUT2D eigenvalue weighted by atomic mass is 32.2. The number of nitrogens with zero attached hydrogens (tertiary/aromatic N) is 4. The Bertz CT molecular complexity index is 1010. The molecule has 0 unspecified atom stereocenters. The van der Waals surface area contributed by atoms with E-state index in [0.717, 1.165) is 28.1 Å². The fourth-order valence-electron chi connectivity index (χ4n) is 2.92. The molecule has 0 aliphatic carbocycles. The van der Waals surface area contributed by atoms with Crippen molar-refractivity contribution in [2.45, 2.75) is 12.2 Å². The number of anilines is 1. The number of benzene rings is 1. The van der Waals surface area contributed by atoms with Crippen LogP contribution in [0.15, 0.2) is 42.6 Å². The molecule has 0 radical (unpaired) electrons. The van der Waals surface area contributed by atoms with Crippen LogP contribution in [0.1, 0.15) is 5.69 Å². The summed E-state index contributed by atoms with van der Waals surface area (Å²) in [5.41, 5.74) is 2.84. The van der Waals surface area contributed by atoms with Gasteiger partial charge in [-0.15, -0.1) is 0 Å². The molecule has 0 spiro atoms. The Morgan fingerprint density at radius 3 is 2.58 bits per heavy atom. The summed E-state index contributed by atoms with van der Waals surface area (Å²) in [5, 5.41) is 10.3. The first-order valence-corrected chi connectivity index (χ1v) is 9.22. The van der Waals surface area contributed by atoms with Crippen LogP contribution in [-0.2, 0) is 10.0 Å². The summed E-state index contributed by atoms with van der Waals surface area (Å²) in [6.45, 7) is 2.75. The van der Waals surface area contributed by atoms with Crippen LogP contribution in [-0.4, -0.2) is 41.5 Å². The Kier molecular flexibility index (Phi) is 3.33. The van der Waals surface area contributed by atoms with E-state index >= 15 is 0 Å². The first kappa shape index (κ1) is 15.1. The molecular formula is C16H17N5O2S. The average molecular weight is 343 g/mol. The lowest BCUT2D eigenvalue weighted by molar-refractivity contribution is 0.540. The molecule has 1 aliphatic heterocycles. The lowest BCUT2D eigenvalue weighted by Crippen LogP contribution is -2.56. The zero-order valence-corrected chi connectivity index (χ0v) is 13.9. The third-order valence-corrected chi connectivity index (χ3v) is 5.65. The van der Waals surface area contributed by atoms with Gasteiger partial charge in [0, 0.05) is 30.7 Å². The predicted molar refractivity (Wildman–Crippen MR) is 92.7 cm³/mol. The molecule has 2 aromatic heterocycles. The molecule has 0 amide bonds. The van der Waals surface area contributed by atoms with E-state index in [9.17, 15) is 8.42 Å². The van der Waals surface area contributed by atoms with E-state index in [1.165, 1.54) is 0 Å². The highest BCUT2D eigenvalue weighted by molar-refractivity contribution is 7.89. The smallest absolute Gasteiger partial charge is 0.215 e. The van der Waals surface area contributed by atoms with Crippen molar-refractivity contribution >= 4 is 26.7 Å². The number of para-hydroxylation sites is 1. The fourth-order valence-corrected chi connectivity index (χ4v) is 3.69. The quantitative estimate of drug-likeness (QED) is 0.771. The monoisotopic (exact) mass is 343 g/mol. The Morgan fingerprint density at radius 2 is 1.92 bits per heavy atom. The number of nitrogens with two attached hydrogens (primary N) is 1. The molecule has 0 atom stereocenters. The number of sulfonamides is 1. The summed E-state index contributed by atoms with van der Waals surface area (Å²) >= 11 is 0. The maximum atomic E-state index is 11.3. The second-order valence-electron chi connectivity index (χ2n) is 6.01. The van der Waals surface area contributed by atoms with E-state index in [1.807, 2.05) is 52.9 Å². The van der Waals surface area contributed by atoms with E-state index in [0.29, 0.717) is 13.1 Å². The van der Waals surface area contributed by atoms with Gasteiger partial charge in [0.25, 0.3) is 0 Å². The second-order valence-corrected chi connectivity index (χ2v) is 7.85. The number of fused-ring (bicyclic) bond motifs is 1. The summed E-state index contributed by atoms with van der Waals surface area (Å²) in [5.74, 6) is 0.722. The fraction of sp³-hybridized carbons (Fsp3) is 0.250. The van der Waals surface area contributed by atoms with E-state index in [4.69, 9.17) is 5.14 Å². The van der Waals surface area contributed by atoms with Gasteiger partial charge in [0.05, 0.1) is 16.9 Å². The minimum Gasteiger partial charge on any atom is -0.354 e. The molecule has 4 rings (SSSR count). The van der Waals surface area contributed by atoms with Crippen LogP contribution in [0.25, 0.3) is 16.6 Å². The molecule has 1 aromatic carbocycles. The normalized spacial score (nSPS) is 15.7. The van der Waals surface area contributed by atoms with Crippen LogP contribution in [0, 0.1) is 6.92 Å². The topological polar surface area (TPSA) is 94.1 Å². The minimum atomic E-state index is -3.48. The first-order valence-electron chi connectivity index (χ1n) is 7.61. The van der Waals surface area contributed by atoms with Crippen LogP contribution >= 0.6 is 0 Å². The largest absolute Gasteiger partial charge is 0.354 e. The van der Waals surface area contributed by atoms with Crippen molar-refractivity contribution in [1.29, 1.82) is 0 Å². The number of pyridine rings is 1. The van der Waals surface area contributed by atoms with E-state index < -0.39 is 15.3 Å². The lowest BCUT2D eigenvalue weighted by Gasteiger charge is -2.38. The number of rotatable bonds is 3. The number of hydrogen-bond donors (Lipinski definition) is 1. The summed E-state index contributed by atoms with van der Waals surface area (Å²) in [7, 11) is -3.48. The highest BCUT2D eigenvalue weighted by Gasteiger charge is 2.36. The SMILES string of the molecule is Cc1c2cnc(N3CC(S(N)(=O)=O)C3)cc2nn1-c1ccccc1. The summed E-state index contributed by atoms with van der Waals surface area (Å²) < 4.78 is 24.5. The summed E-state index contributed by atoms with van der Waals surface area (Å²) in [6.07, 6.45) is 1.79. The van der Waals surface area contributed by atoms with Crippen molar-refractivity contribution < 1.29 is 8.42 Å². The first-order chi connectivity index (χ1) is 11.4. The van der Waals surface area contributed by atoms with Gasteiger partial charge in [-0.2, -0.15) is 5.10 Å². The Balaban J connectivity index is 1.68. The van der Waals surface area contributed by atoms with Gasteiger partial charge >= 0.3 is 0 Å². The molecule has 7 nitrogen and oxygen atoms in total. The van der Waals surface area contributed by atoms with E-state index in [-0.39, 0.29) is 0 Å². The second kappa shape index (κ2) is 5.29. The highest BCUT2D eigenvalue weighted by Crippen LogP contribution is 2.27. The molecular weight excluding hydrogens is 326 g/mol. The van der Waals surface area contributed by atoms with Gasteiger partial charge in [-0.25, -0.2) is 23.2 Å². The van der Waals surface area contributed by atoms with Gasteiger partial charge in [0.2, 0.25) is 10.0 Å². The van der Waals surface area contributed by atoms with Crippen LogP contribution < -0.4 is 10.0 Å². The molecule has 3 heterocycles. The van der Waals surface area contributed by atoms with Crippen molar-refractivity contribution in [3.05, 3.63) is 48.3 Å². The molecule has 0 bridgehead atoms. The lowest BCUT2D eigenvalue weighted by atomic mass is 10.2. The average Bonchev–Trinajstić information content (AvgIpc) is 2.82. The molecule has 124 valence electrons. The summed E-state index contributed by atoms with van der Waals surface area (Å²) in [4.78, 5) is 6.34. The van der Waals surface area contributed by atoms with Gasteiger partial charge in [0.1, 0.15) is 11.1 Å². The van der Waals surface area contributed by atoms with Crippen molar-refractivity contribution in [3.8, 4) is 5.69 Å². The molecule has 8 heteroatoms. The van der Waals surface area contributed by atoms with Crippen LogP contribution in [0.5, 0.6) is 0 Å². The van der Waals surface area contributed by atoms with Gasteiger partial charge in [-0.1, -0.05) is 18.2 Å². The molecule has 1 aliphatic rings. The maximum absolute atomic E-state index is 11.3. The number of aryl methyl sites for hydroxylation is 1. The number of hydrogen-bond acceptors (Lipinski definition) is 5. The van der Waals surface area contributed by atoms with Gasteiger partial charge < -0.3 is 4.90 Å². The standard InChI is InChI=1S/C16H17N5O2S/c1-11-14-8-18-16(20-9-13(10-20)24(17,22)23)7-15(14)19-21(11)12-5-3-2-4-6-12/h2-8,13H,9-10H2,1H3,(H2,17,22,23). The van der Waals surface area contributed by atoms with Crippen LogP contribution in [0.3, 0.4) is 0 Å². The maximum Gasteiger partial charge on any atom is 0.215 e. The molecule has 1 fully saturated rings. The Labute approximate surface area is 139 Å². The predicted octanol–water partition coefficient (Wildman–Crippen LogP) is 1.21. The van der Waals surface area contributed by atoms with Gasteiger partial charge in [-0.05, 0) is 19.1 Å². The molecule has 2 N–H and O–H groups in total. The Hall–Kier alpha value is -2.45. The van der Waals surface area contributed by atoms with Gasteiger partial charge in [0.15, 0.2) is 0 Å². The van der Waals surface area contributed by atoms with E-state index in [1.54, 1.807) is 6.20 Å². The number of primary sulfonamides is 1. The van der Waals surface area contributed by atoms with Gasteiger partial charge in [-0.3, -0.25) is 0 Å². The zero-order chi connectivity index (χ0) is 16.9. The third kappa shape index (κ3) is 2.44. The molecule has 1 saturated heterocycles. The van der Waals surface area contributed by atoms with Crippen molar-refractivity contribution in [2.75, 3.05) is 18.0 Å². The van der Waals surface area contributed by atoms with Crippen molar-refractivity contribution in [3.63, 3.8) is 0 Å². The Morgan fingerprint density at radius 1 is 1.21 bits per heavy atom. The zero-order valence-electron chi connectivity index (χ0n) is 13.1. The van der Waals surface area contributed by atoms with Crippen molar-refractivity contribution in [1.82, 2.24) is 14.8 Å². The molecule has 0 saturated carbocycles. The van der Waals surface area contributed by atoms with Crippen LogP contribution in [0.2, 0.25) is 0 Å².